The Kier molecular flexibility index (Phi) is 3.56. The number of nitrogens with one attached hydrogen (secondary N) is 1. The Balaban J connectivity index is 3.11. The molecule has 1 amide bonds. The molecule has 0 atom stereocenters. The van der Waals surface area contributed by atoms with Gasteiger partial charge in [0.2, 0.25) is 6.41 Å². The molecule has 0 heterocycles. The highest BCUT2D eigenvalue weighted by atomic mass is 16.7. The Hall–Kier alpha value is -1.06. The highest BCUT2D eigenvalue weighted by molar-refractivity contribution is 5.69. The van der Waals surface area contributed by atoms with E-state index in [1.165, 1.54) is 0 Å². The predicted octanol–water partition coefficient (Wildman–Crippen LogP) is -0.399. The zero-order chi connectivity index (χ0) is 6.41. The van der Waals surface area contributed by atoms with Gasteiger partial charge in [0.05, 0.1) is 0 Å². The van der Waals surface area contributed by atoms with E-state index < -0.39 is 5.97 Å². The van der Waals surface area contributed by atoms with Gasteiger partial charge in [0, 0.05) is 6.42 Å². The van der Waals surface area contributed by atoms with Gasteiger partial charge in [-0.05, 0) is 0 Å². The lowest BCUT2D eigenvalue weighted by atomic mass is 10.5. The van der Waals surface area contributed by atoms with Crippen molar-refractivity contribution >= 4 is 12.4 Å². The Morgan fingerprint density at radius 1 is 1.88 bits per heavy atom. The number of carbonyl (C=O) groups excluding carboxylic acids is 2. The minimum atomic E-state index is -0.447. The standard InChI is InChI=1S/C4H7NO3/c1-2-4(7)8-5-3-6/h3H,2H2,1H3,(H,5,6). The fraction of sp³-hybridized carbons (Fsp3) is 0.500. The van der Waals surface area contributed by atoms with Gasteiger partial charge in [-0.3, -0.25) is 4.79 Å². The molecule has 0 aromatic carbocycles. The summed E-state index contributed by atoms with van der Waals surface area (Å²) in [6.45, 7) is 1.63. The van der Waals surface area contributed by atoms with Crippen molar-refractivity contribution in [1.29, 1.82) is 0 Å². The van der Waals surface area contributed by atoms with Crippen molar-refractivity contribution in [2.24, 2.45) is 0 Å². The second-order valence-electron chi connectivity index (χ2n) is 1.06. The summed E-state index contributed by atoms with van der Waals surface area (Å²) in [5.74, 6) is -0.447. The summed E-state index contributed by atoms with van der Waals surface area (Å²) in [6, 6.07) is 0. The van der Waals surface area contributed by atoms with E-state index in [9.17, 15) is 9.59 Å². The third-order valence-electron chi connectivity index (χ3n) is 0.510. The molecule has 1 N–H and O–H groups in total. The van der Waals surface area contributed by atoms with Gasteiger partial charge in [-0.15, -0.1) is 0 Å². The van der Waals surface area contributed by atoms with Crippen molar-refractivity contribution in [2.45, 2.75) is 13.3 Å². The summed E-state index contributed by atoms with van der Waals surface area (Å²) >= 11 is 0. The van der Waals surface area contributed by atoms with Crippen molar-refractivity contribution in [3.05, 3.63) is 0 Å². The van der Waals surface area contributed by atoms with Crippen LogP contribution in [0.15, 0.2) is 0 Å². The van der Waals surface area contributed by atoms with E-state index in [-0.39, 0.29) is 6.42 Å². The van der Waals surface area contributed by atoms with E-state index in [4.69, 9.17) is 0 Å². The largest absolute Gasteiger partial charge is 0.341 e. The maximum absolute atomic E-state index is 10.1. The zero-order valence-electron chi connectivity index (χ0n) is 4.51. The number of hydrogen-bond donors (Lipinski definition) is 1. The van der Waals surface area contributed by atoms with E-state index in [2.05, 4.69) is 4.84 Å². The summed E-state index contributed by atoms with van der Waals surface area (Å²) in [7, 11) is 0. The van der Waals surface area contributed by atoms with Gasteiger partial charge in [-0.25, -0.2) is 4.79 Å². The molecule has 0 aliphatic carbocycles. The number of hydrogen-bond acceptors (Lipinski definition) is 3. The SMILES string of the molecule is CCC(=O)ONC=O. The molecule has 0 saturated carbocycles. The zero-order valence-corrected chi connectivity index (χ0v) is 4.51. The summed E-state index contributed by atoms with van der Waals surface area (Å²) in [6.07, 6.45) is 0.564. The molecule has 0 aliphatic heterocycles. The average molecular weight is 117 g/mol. The molecule has 0 spiro atoms. The first-order chi connectivity index (χ1) is 3.81. The normalized spacial score (nSPS) is 7.62. The lowest BCUT2D eigenvalue weighted by Gasteiger charge is -1.94. The second-order valence-corrected chi connectivity index (χ2v) is 1.06. The fourth-order valence-electron chi connectivity index (χ4n) is 0.162. The first-order valence-electron chi connectivity index (χ1n) is 2.20. The first kappa shape index (κ1) is 6.94. The van der Waals surface area contributed by atoms with Gasteiger partial charge in [-0.2, -0.15) is 5.48 Å². The van der Waals surface area contributed by atoms with Gasteiger partial charge >= 0.3 is 5.97 Å². The molecule has 0 unspecified atom stereocenters. The van der Waals surface area contributed by atoms with Crippen LogP contribution in [0, 0.1) is 0 Å². The molecule has 0 fully saturated rings. The molecule has 0 saturated heterocycles. The van der Waals surface area contributed by atoms with Gasteiger partial charge in [0.15, 0.2) is 0 Å². The van der Waals surface area contributed by atoms with Crippen molar-refractivity contribution in [3.63, 3.8) is 0 Å². The van der Waals surface area contributed by atoms with Gasteiger partial charge in [0.25, 0.3) is 0 Å². The Morgan fingerprint density at radius 3 is 2.88 bits per heavy atom. The van der Waals surface area contributed by atoms with Crippen molar-refractivity contribution in [3.8, 4) is 0 Å². The third-order valence-corrected chi connectivity index (χ3v) is 0.510. The lowest BCUT2D eigenvalue weighted by Crippen LogP contribution is -2.16. The van der Waals surface area contributed by atoms with Crippen LogP contribution in [-0.4, -0.2) is 12.4 Å². The van der Waals surface area contributed by atoms with Crippen molar-refractivity contribution < 1.29 is 14.4 Å². The fourth-order valence-corrected chi connectivity index (χ4v) is 0.162. The molecule has 0 radical (unpaired) electrons. The molecule has 0 aromatic heterocycles. The topological polar surface area (TPSA) is 55.4 Å². The van der Waals surface area contributed by atoms with E-state index in [0.29, 0.717) is 6.41 Å². The minimum Gasteiger partial charge on any atom is -0.341 e. The molecule has 0 aliphatic rings. The lowest BCUT2D eigenvalue weighted by molar-refractivity contribution is -0.154. The molecule has 8 heavy (non-hydrogen) atoms. The third kappa shape index (κ3) is 3.14. The van der Waals surface area contributed by atoms with Crippen LogP contribution in [0.5, 0.6) is 0 Å². The molecule has 46 valence electrons. The summed E-state index contributed by atoms with van der Waals surface area (Å²) in [5.41, 5.74) is 1.77. The smallest absolute Gasteiger partial charge is 0.331 e. The number of carbonyl (C=O) groups is 2. The molecule has 4 nitrogen and oxygen atoms in total. The molecule has 0 rings (SSSR count). The van der Waals surface area contributed by atoms with Gasteiger partial charge < -0.3 is 4.84 Å². The van der Waals surface area contributed by atoms with Crippen molar-refractivity contribution in [2.75, 3.05) is 0 Å². The van der Waals surface area contributed by atoms with Crippen LogP contribution in [0.25, 0.3) is 0 Å². The molecule has 0 bridgehead atoms. The summed E-state index contributed by atoms with van der Waals surface area (Å²) in [5, 5.41) is 0. The Labute approximate surface area is 46.8 Å². The minimum absolute atomic E-state index is 0.265. The Morgan fingerprint density at radius 2 is 2.50 bits per heavy atom. The Bertz CT molecular complexity index is 91.3. The average Bonchev–Trinajstić information content (AvgIpc) is 1.83. The predicted molar refractivity (Wildman–Crippen MR) is 25.6 cm³/mol. The highest BCUT2D eigenvalue weighted by Crippen LogP contribution is 1.76. The van der Waals surface area contributed by atoms with Crippen molar-refractivity contribution in [1.82, 2.24) is 5.48 Å². The molecule has 4 heteroatoms. The highest BCUT2D eigenvalue weighted by Gasteiger charge is 1.93. The number of amides is 1. The summed E-state index contributed by atoms with van der Waals surface area (Å²) in [4.78, 5) is 23.6. The molecular weight excluding hydrogens is 110 g/mol. The quantitative estimate of drug-likeness (QED) is 0.404. The monoisotopic (exact) mass is 117 g/mol. The maximum atomic E-state index is 10.1. The van der Waals surface area contributed by atoms with Crippen LogP contribution in [0.4, 0.5) is 0 Å². The maximum Gasteiger partial charge on any atom is 0.331 e. The van der Waals surface area contributed by atoms with Gasteiger partial charge in [-0.1, -0.05) is 6.92 Å². The summed E-state index contributed by atoms with van der Waals surface area (Å²) < 4.78 is 0. The van der Waals surface area contributed by atoms with Crippen LogP contribution in [0.2, 0.25) is 0 Å². The van der Waals surface area contributed by atoms with E-state index in [1.54, 1.807) is 12.4 Å². The van der Waals surface area contributed by atoms with E-state index in [0.717, 1.165) is 0 Å². The van der Waals surface area contributed by atoms with Gasteiger partial charge in [0.1, 0.15) is 0 Å². The number of rotatable bonds is 3. The second kappa shape index (κ2) is 4.11. The van der Waals surface area contributed by atoms with Crippen LogP contribution >= 0.6 is 0 Å². The van der Waals surface area contributed by atoms with Crippen LogP contribution in [-0.2, 0) is 14.4 Å². The van der Waals surface area contributed by atoms with E-state index >= 15 is 0 Å². The molecular formula is C4H7NO3. The first-order valence-corrected chi connectivity index (χ1v) is 2.20. The van der Waals surface area contributed by atoms with Crippen LogP contribution < -0.4 is 5.48 Å². The van der Waals surface area contributed by atoms with Crippen LogP contribution in [0.3, 0.4) is 0 Å². The van der Waals surface area contributed by atoms with E-state index in [1.807, 2.05) is 0 Å². The molecule has 0 aromatic rings. The van der Waals surface area contributed by atoms with Crippen LogP contribution in [0.1, 0.15) is 13.3 Å². The number of hydroxylamine groups is 1.